The topological polar surface area (TPSA) is 155 Å². The number of hydrogen-bond acceptors (Lipinski definition) is 10. The maximum Gasteiger partial charge on any atom is 0.353 e. The molecule has 1 heterocycles. The normalized spacial score (nSPS) is 29.5. The molecular weight excluding hydrogens is 500 g/mol. The maximum atomic E-state index is 13.2. The van der Waals surface area contributed by atoms with Crippen molar-refractivity contribution in [2.75, 3.05) is 7.11 Å². The number of carboxylic acids is 1. The summed E-state index contributed by atoms with van der Waals surface area (Å²) in [4.78, 5) is 48.1. The molecule has 11 heteroatoms. The molecule has 4 aliphatic rings. The summed E-state index contributed by atoms with van der Waals surface area (Å²) in [5.74, 6) is -3.11. The van der Waals surface area contributed by atoms with Gasteiger partial charge in [-0.2, -0.15) is 0 Å². The van der Waals surface area contributed by atoms with Crippen LogP contribution in [-0.4, -0.2) is 65.1 Å². The van der Waals surface area contributed by atoms with E-state index in [1.165, 1.54) is 7.11 Å². The summed E-state index contributed by atoms with van der Waals surface area (Å²) < 4.78 is 27.5. The number of esters is 3. The summed E-state index contributed by atoms with van der Waals surface area (Å²) in [5.41, 5.74) is -0.0180. The highest BCUT2D eigenvalue weighted by Gasteiger charge is 2.71. The zero-order chi connectivity index (χ0) is 27.4. The number of hydrogen-bond donors (Lipinski definition) is 2. The quantitative estimate of drug-likeness (QED) is 0.374. The van der Waals surface area contributed by atoms with Gasteiger partial charge in [-0.05, 0) is 56.2 Å². The highest BCUT2D eigenvalue weighted by Crippen LogP contribution is 2.67. The summed E-state index contributed by atoms with van der Waals surface area (Å²) in [6, 6.07) is 3.83. The van der Waals surface area contributed by atoms with E-state index in [0.717, 1.165) is 37.8 Å². The average molecular weight is 531 g/mol. The Hall–Kier alpha value is -3.60. The van der Waals surface area contributed by atoms with Gasteiger partial charge in [0.25, 0.3) is 0 Å². The van der Waals surface area contributed by atoms with E-state index in [9.17, 15) is 24.3 Å². The molecule has 38 heavy (non-hydrogen) atoms. The largest absolute Gasteiger partial charge is 0.493 e. The Kier molecular flexibility index (Phi) is 6.37. The van der Waals surface area contributed by atoms with Gasteiger partial charge in [0, 0.05) is 12.5 Å². The molecule has 6 atom stereocenters. The Labute approximate surface area is 218 Å². The summed E-state index contributed by atoms with van der Waals surface area (Å²) in [6.45, 7) is 2.23. The molecule has 2 bridgehead atoms. The van der Waals surface area contributed by atoms with Crippen LogP contribution in [0.4, 0.5) is 0 Å². The number of rotatable bonds is 8. The van der Waals surface area contributed by atoms with E-state index >= 15 is 0 Å². The fourth-order valence-corrected chi connectivity index (χ4v) is 6.68. The van der Waals surface area contributed by atoms with Crippen LogP contribution >= 0.6 is 0 Å². The molecule has 1 aromatic rings. The molecule has 1 fully saturated rings. The summed E-state index contributed by atoms with van der Waals surface area (Å²) in [5, 5.41) is 21.1. The summed E-state index contributed by atoms with van der Waals surface area (Å²) >= 11 is 0. The van der Waals surface area contributed by atoms with Crippen molar-refractivity contribution in [2.24, 2.45) is 5.92 Å². The number of carbonyl (C=O) groups is 4. The SMILES string of the molecule is COc1ccc2c3c1O[C@H]1C(OC(=O)[C@H](CC(=O)O[C@@H](C)C(=O)O)OC(C)=O)=CC[C@@]4(O)[C@H](CCC[C@]314)C2. The van der Waals surface area contributed by atoms with Gasteiger partial charge in [0.15, 0.2) is 23.7 Å². The zero-order valence-electron chi connectivity index (χ0n) is 21.4. The van der Waals surface area contributed by atoms with Crippen molar-refractivity contribution in [3.8, 4) is 11.5 Å². The molecule has 1 aromatic carbocycles. The van der Waals surface area contributed by atoms with Crippen molar-refractivity contribution in [1.82, 2.24) is 0 Å². The van der Waals surface area contributed by atoms with Crippen molar-refractivity contribution < 1.29 is 53.1 Å². The minimum atomic E-state index is -1.67. The third kappa shape index (κ3) is 3.82. The monoisotopic (exact) mass is 530 g/mol. The van der Waals surface area contributed by atoms with Crippen LogP contribution in [0, 0.1) is 5.92 Å². The van der Waals surface area contributed by atoms with E-state index in [4.69, 9.17) is 28.8 Å². The third-order valence-electron chi connectivity index (χ3n) is 8.27. The lowest BCUT2D eigenvalue weighted by Crippen LogP contribution is -2.67. The average Bonchev–Trinajstić information content (AvgIpc) is 3.19. The van der Waals surface area contributed by atoms with Crippen LogP contribution in [0.3, 0.4) is 0 Å². The van der Waals surface area contributed by atoms with Crippen LogP contribution in [0.1, 0.15) is 57.1 Å². The molecule has 2 N–H and O–H groups in total. The van der Waals surface area contributed by atoms with Gasteiger partial charge >= 0.3 is 23.9 Å². The summed E-state index contributed by atoms with van der Waals surface area (Å²) in [6.07, 6.45) is 0.196. The molecule has 204 valence electrons. The molecule has 1 aliphatic heterocycles. The molecule has 0 saturated heterocycles. The van der Waals surface area contributed by atoms with Gasteiger partial charge in [-0.15, -0.1) is 0 Å². The van der Waals surface area contributed by atoms with Crippen LogP contribution in [0.5, 0.6) is 11.5 Å². The van der Waals surface area contributed by atoms with E-state index in [1.807, 2.05) is 12.1 Å². The predicted octanol–water partition coefficient (Wildman–Crippen LogP) is 1.95. The molecule has 0 radical (unpaired) electrons. The molecule has 0 unspecified atom stereocenters. The first-order valence-electron chi connectivity index (χ1n) is 12.6. The van der Waals surface area contributed by atoms with Crippen molar-refractivity contribution in [3.05, 3.63) is 35.1 Å². The number of aliphatic carboxylic acids is 1. The molecule has 3 aliphatic carbocycles. The number of carboxylic acid groups (broad SMARTS) is 1. The van der Waals surface area contributed by atoms with Crippen molar-refractivity contribution in [1.29, 1.82) is 0 Å². The Morgan fingerprint density at radius 3 is 2.66 bits per heavy atom. The fourth-order valence-electron chi connectivity index (χ4n) is 6.68. The summed E-state index contributed by atoms with van der Waals surface area (Å²) in [7, 11) is 1.53. The van der Waals surface area contributed by atoms with Gasteiger partial charge in [-0.3, -0.25) is 9.59 Å². The number of benzene rings is 1. The van der Waals surface area contributed by atoms with Gasteiger partial charge in [-0.1, -0.05) is 12.5 Å². The zero-order valence-corrected chi connectivity index (χ0v) is 21.4. The molecule has 11 nitrogen and oxygen atoms in total. The van der Waals surface area contributed by atoms with E-state index < -0.39 is 59.6 Å². The molecule has 0 aromatic heterocycles. The predicted molar refractivity (Wildman–Crippen MR) is 127 cm³/mol. The van der Waals surface area contributed by atoms with Gasteiger partial charge < -0.3 is 33.9 Å². The molecule has 0 amide bonds. The number of ether oxygens (including phenoxy) is 5. The number of methoxy groups -OCH3 is 1. The van der Waals surface area contributed by atoms with E-state index in [1.54, 1.807) is 6.08 Å². The van der Waals surface area contributed by atoms with Crippen molar-refractivity contribution in [3.63, 3.8) is 0 Å². The van der Waals surface area contributed by atoms with Gasteiger partial charge in [-0.25, -0.2) is 9.59 Å². The lowest BCUT2D eigenvalue weighted by atomic mass is 9.47. The third-order valence-corrected chi connectivity index (χ3v) is 8.27. The van der Waals surface area contributed by atoms with Crippen LogP contribution in [0.15, 0.2) is 24.0 Å². The highest BCUT2D eigenvalue weighted by atomic mass is 16.6. The first-order chi connectivity index (χ1) is 18.0. The number of aliphatic hydroxyl groups is 1. The second kappa shape index (κ2) is 9.30. The standard InChI is InChI=1S/C27H30O11/c1-13(24(30)31)35-20(29)12-19(36-14(2)28)25(32)37-18-8-10-27(33)16-5-4-9-26(27)21-15(11-16)6-7-17(34-3)22(21)38-23(18)26/h6-8,13,16,19,23,33H,4-5,9-12H2,1-3H3,(H,30,31)/t13-,16+,19-,23-,26-,27+/m0/s1. The Bertz CT molecular complexity index is 1240. The van der Waals surface area contributed by atoms with Crippen molar-refractivity contribution >= 4 is 23.9 Å². The van der Waals surface area contributed by atoms with Crippen molar-refractivity contribution in [2.45, 2.75) is 81.7 Å². The highest BCUT2D eigenvalue weighted by molar-refractivity contribution is 5.86. The minimum absolute atomic E-state index is 0.00230. The van der Waals surface area contributed by atoms with Crippen LogP contribution in [-0.2, 0) is 45.2 Å². The minimum Gasteiger partial charge on any atom is -0.493 e. The Morgan fingerprint density at radius 1 is 1.21 bits per heavy atom. The fraction of sp³-hybridized carbons (Fsp3) is 0.556. The van der Waals surface area contributed by atoms with E-state index in [-0.39, 0.29) is 18.1 Å². The van der Waals surface area contributed by atoms with Gasteiger partial charge in [0.05, 0.1) is 24.5 Å². The lowest BCUT2D eigenvalue weighted by molar-refractivity contribution is -0.176. The van der Waals surface area contributed by atoms with Gasteiger partial charge in [0.1, 0.15) is 5.76 Å². The number of carbonyl (C=O) groups excluding carboxylic acids is 3. The maximum absolute atomic E-state index is 13.2. The van der Waals surface area contributed by atoms with Crippen LogP contribution < -0.4 is 9.47 Å². The molecule has 1 spiro atoms. The smallest absolute Gasteiger partial charge is 0.353 e. The van der Waals surface area contributed by atoms with Gasteiger partial charge in [0.2, 0.25) is 6.10 Å². The van der Waals surface area contributed by atoms with Crippen LogP contribution in [0.2, 0.25) is 0 Å². The second-order valence-corrected chi connectivity index (χ2v) is 10.3. The first kappa shape index (κ1) is 26.0. The molecular formula is C27H30O11. The van der Waals surface area contributed by atoms with E-state index in [2.05, 4.69) is 0 Å². The molecule has 5 rings (SSSR count). The molecule has 1 saturated carbocycles. The van der Waals surface area contributed by atoms with E-state index in [0.29, 0.717) is 24.3 Å². The first-order valence-corrected chi connectivity index (χ1v) is 12.6. The lowest BCUT2D eigenvalue weighted by Gasteiger charge is -2.59. The second-order valence-electron chi connectivity index (χ2n) is 10.3. The Morgan fingerprint density at radius 2 is 1.97 bits per heavy atom. The Balaban J connectivity index is 1.45. The van der Waals surface area contributed by atoms with Crippen LogP contribution in [0.25, 0.3) is 0 Å².